The normalized spacial score (nSPS) is 20.1. The maximum atomic E-state index is 12.9. The van der Waals surface area contributed by atoms with Gasteiger partial charge in [-0.25, -0.2) is 13.4 Å². The van der Waals surface area contributed by atoms with Crippen LogP contribution in [0.5, 0.6) is 0 Å². The number of aromatic nitrogens is 2. The van der Waals surface area contributed by atoms with Crippen molar-refractivity contribution in [1.29, 1.82) is 0 Å². The van der Waals surface area contributed by atoms with Crippen LogP contribution in [0.4, 0.5) is 0 Å². The SMILES string of the molecule is CCC1(C)CCN(S(=O)(=O)c2c(Cl)nc3sccn23)CC1. The summed E-state index contributed by atoms with van der Waals surface area (Å²) in [5.74, 6) is 0. The molecule has 2 aromatic heterocycles. The highest BCUT2D eigenvalue weighted by Gasteiger charge is 2.37. The van der Waals surface area contributed by atoms with Crippen molar-refractivity contribution in [3.05, 3.63) is 16.7 Å². The fourth-order valence-electron chi connectivity index (χ4n) is 2.71. The second-order valence-corrected chi connectivity index (χ2v) is 8.92. The van der Waals surface area contributed by atoms with Gasteiger partial charge in [0, 0.05) is 24.7 Å². The van der Waals surface area contributed by atoms with Gasteiger partial charge in [-0.15, -0.1) is 11.3 Å². The minimum atomic E-state index is -3.60. The van der Waals surface area contributed by atoms with Crippen molar-refractivity contribution in [2.24, 2.45) is 5.41 Å². The summed E-state index contributed by atoms with van der Waals surface area (Å²) in [6.45, 7) is 5.47. The summed E-state index contributed by atoms with van der Waals surface area (Å²) >= 11 is 7.44. The Morgan fingerprint density at radius 3 is 2.71 bits per heavy atom. The molecule has 0 amide bonds. The van der Waals surface area contributed by atoms with Crippen LogP contribution >= 0.6 is 22.9 Å². The van der Waals surface area contributed by atoms with Crippen LogP contribution in [0, 0.1) is 5.41 Å². The van der Waals surface area contributed by atoms with E-state index in [-0.39, 0.29) is 15.6 Å². The molecule has 3 heterocycles. The van der Waals surface area contributed by atoms with Gasteiger partial charge in [0.05, 0.1) is 0 Å². The summed E-state index contributed by atoms with van der Waals surface area (Å²) in [4.78, 5) is 4.73. The minimum Gasteiger partial charge on any atom is -0.279 e. The molecule has 0 radical (unpaired) electrons. The summed E-state index contributed by atoms with van der Waals surface area (Å²) in [5, 5.41) is 1.97. The van der Waals surface area contributed by atoms with Gasteiger partial charge in [-0.2, -0.15) is 4.31 Å². The molecular formula is C13H18ClN3O2S2. The van der Waals surface area contributed by atoms with E-state index in [4.69, 9.17) is 11.6 Å². The first-order valence-corrected chi connectivity index (χ1v) is 9.68. The highest BCUT2D eigenvalue weighted by Crippen LogP contribution is 2.37. The monoisotopic (exact) mass is 347 g/mol. The second kappa shape index (κ2) is 5.22. The van der Waals surface area contributed by atoms with E-state index >= 15 is 0 Å². The van der Waals surface area contributed by atoms with Crippen LogP contribution in [0.1, 0.15) is 33.1 Å². The van der Waals surface area contributed by atoms with Crippen LogP contribution in [-0.2, 0) is 10.0 Å². The number of halogens is 1. The fraction of sp³-hybridized carbons (Fsp3) is 0.615. The largest absolute Gasteiger partial charge is 0.279 e. The third kappa shape index (κ3) is 2.50. The summed E-state index contributed by atoms with van der Waals surface area (Å²) in [7, 11) is -3.60. The maximum Gasteiger partial charge on any atom is 0.262 e. The number of thiazole rings is 1. The Kier molecular flexibility index (Phi) is 3.80. The average Bonchev–Trinajstić information content (AvgIpc) is 2.98. The standard InChI is InChI=1S/C13H18ClN3O2S2/c1-3-13(2)4-6-16(7-5-13)21(18,19)11-10(14)15-12-17(11)8-9-20-12/h8-9H,3-7H2,1-2H3. The number of piperidine rings is 1. The lowest BCUT2D eigenvalue weighted by molar-refractivity contribution is 0.168. The Hall–Kier alpha value is -0.630. The van der Waals surface area contributed by atoms with Crippen LogP contribution in [0.2, 0.25) is 5.15 Å². The van der Waals surface area contributed by atoms with Crippen LogP contribution in [0.15, 0.2) is 16.6 Å². The zero-order valence-electron chi connectivity index (χ0n) is 12.0. The Bertz CT molecular complexity index is 758. The molecule has 0 aliphatic carbocycles. The Labute approximate surface area is 133 Å². The van der Waals surface area contributed by atoms with Gasteiger partial charge < -0.3 is 0 Å². The molecule has 0 atom stereocenters. The van der Waals surface area contributed by atoms with Gasteiger partial charge in [0.25, 0.3) is 10.0 Å². The van der Waals surface area contributed by atoms with Crippen molar-refractivity contribution in [3.8, 4) is 0 Å². The highest BCUT2D eigenvalue weighted by atomic mass is 35.5. The van der Waals surface area contributed by atoms with Gasteiger partial charge in [-0.1, -0.05) is 31.9 Å². The third-order valence-corrected chi connectivity index (χ3v) is 7.60. The number of imidazole rings is 1. The molecule has 0 N–H and O–H groups in total. The topological polar surface area (TPSA) is 54.7 Å². The molecule has 1 aliphatic rings. The van der Waals surface area contributed by atoms with Gasteiger partial charge in [0.1, 0.15) is 0 Å². The number of hydrogen-bond acceptors (Lipinski definition) is 4. The molecule has 1 saturated heterocycles. The van der Waals surface area contributed by atoms with Gasteiger partial charge in [-0.05, 0) is 18.3 Å². The summed E-state index contributed by atoms with van der Waals surface area (Å²) in [6.07, 6.45) is 4.53. The Morgan fingerprint density at radius 2 is 2.10 bits per heavy atom. The van der Waals surface area contributed by atoms with E-state index in [2.05, 4.69) is 18.8 Å². The lowest BCUT2D eigenvalue weighted by Crippen LogP contribution is -2.42. The molecule has 0 unspecified atom stereocenters. The molecule has 8 heteroatoms. The van der Waals surface area contributed by atoms with Crippen molar-refractivity contribution in [2.75, 3.05) is 13.1 Å². The predicted molar refractivity (Wildman–Crippen MR) is 84.5 cm³/mol. The smallest absolute Gasteiger partial charge is 0.262 e. The number of rotatable bonds is 3. The molecule has 5 nitrogen and oxygen atoms in total. The summed E-state index contributed by atoms with van der Waals surface area (Å²) in [6, 6.07) is 0. The third-order valence-electron chi connectivity index (χ3n) is 4.55. The van der Waals surface area contributed by atoms with Crippen molar-refractivity contribution in [2.45, 2.75) is 38.1 Å². The number of hydrogen-bond donors (Lipinski definition) is 0. The van der Waals surface area contributed by atoms with E-state index < -0.39 is 10.0 Å². The molecule has 0 aromatic carbocycles. The maximum absolute atomic E-state index is 12.9. The first-order valence-electron chi connectivity index (χ1n) is 6.99. The molecule has 0 bridgehead atoms. The van der Waals surface area contributed by atoms with E-state index in [9.17, 15) is 8.42 Å². The quantitative estimate of drug-likeness (QED) is 0.856. The first-order chi connectivity index (χ1) is 9.87. The average molecular weight is 348 g/mol. The van der Waals surface area contributed by atoms with Gasteiger partial charge >= 0.3 is 0 Å². The molecule has 116 valence electrons. The summed E-state index contributed by atoms with van der Waals surface area (Å²) in [5.41, 5.74) is 0.241. The first kappa shape index (κ1) is 15.3. The van der Waals surface area contributed by atoms with Crippen molar-refractivity contribution in [3.63, 3.8) is 0 Å². The zero-order valence-corrected chi connectivity index (χ0v) is 14.4. The van der Waals surface area contributed by atoms with Gasteiger partial charge in [0.15, 0.2) is 15.1 Å². The number of fused-ring (bicyclic) bond motifs is 1. The molecule has 0 spiro atoms. The second-order valence-electron chi connectivity index (χ2n) is 5.83. The lowest BCUT2D eigenvalue weighted by Gasteiger charge is -2.37. The molecular weight excluding hydrogens is 330 g/mol. The number of sulfonamides is 1. The molecule has 0 saturated carbocycles. The Morgan fingerprint density at radius 1 is 1.43 bits per heavy atom. The van der Waals surface area contributed by atoms with Crippen LogP contribution in [0.3, 0.4) is 0 Å². The van der Waals surface area contributed by atoms with E-state index in [0.717, 1.165) is 19.3 Å². The molecule has 3 rings (SSSR count). The minimum absolute atomic E-state index is 0.0608. The molecule has 1 fully saturated rings. The van der Waals surface area contributed by atoms with Crippen molar-refractivity contribution in [1.82, 2.24) is 13.7 Å². The van der Waals surface area contributed by atoms with Crippen LogP contribution in [0.25, 0.3) is 4.96 Å². The van der Waals surface area contributed by atoms with E-state index in [1.165, 1.54) is 15.6 Å². The lowest BCUT2D eigenvalue weighted by atomic mass is 9.79. The van der Waals surface area contributed by atoms with Crippen LogP contribution in [-0.4, -0.2) is 35.2 Å². The molecule has 21 heavy (non-hydrogen) atoms. The van der Waals surface area contributed by atoms with E-state index in [0.29, 0.717) is 18.1 Å². The highest BCUT2D eigenvalue weighted by molar-refractivity contribution is 7.89. The van der Waals surface area contributed by atoms with E-state index in [1.54, 1.807) is 10.6 Å². The summed E-state index contributed by atoms with van der Waals surface area (Å²) < 4.78 is 28.8. The molecule has 2 aromatic rings. The van der Waals surface area contributed by atoms with Crippen molar-refractivity contribution >= 4 is 37.9 Å². The van der Waals surface area contributed by atoms with Gasteiger partial charge in [0.2, 0.25) is 0 Å². The predicted octanol–water partition coefficient (Wildman–Crippen LogP) is 3.25. The van der Waals surface area contributed by atoms with Gasteiger partial charge in [-0.3, -0.25) is 4.40 Å². The number of nitrogens with zero attached hydrogens (tertiary/aromatic N) is 3. The van der Waals surface area contributed by atoms with E-state index in [1.807, 2.05) is 5.38 Å². The van der Waals surface area contributed by atoms with Crippen LogP contribution < -0.4 is 0 Å². The van der Waals surface area contributed by atoms with Crippen molar-refractivity contribution < 1.29 is 8.42 Å². The fourth-order valence-corrected chi connectivity index (χ4v) is 5.56. The zero-order chi connectivity index (χ0) is 15.3. The Balaban J connectivity index is 1.95. The molecule has 1 aliphatic heterocycles.